The van der Waals surface area contributed by atoms with E-state index in [4.69, 9.17) is 20.8 Å². The molecule has 3 atom stereocenters. The lowest BCUT2D eigenvalue weighted by Gasteiger charge is -2.36. The molecule has 0 fully saturated rings. The molecule has 6 heteroatoms. The second kappa shape index (κ2) is 8.35. The van der Waals surface area contributed by atoms with E-state index in [1.54, 1.807) is 4.90 Å². The number of anilines is 1. The lowest BCUT2D eigenvalue weighted by molar-refractivity contribution is -0.0710. The number of benzene rings is 2. The number of hydrogen-bond donors (Lipinski definition) is 0. The Kier molecular flexibility index (Phi) is 5.39. The summed E-state index contributed by atoms with van der Waals surface area (Å²) in [5.74, 6) is 0.294. The van der Waals surface area contributed by atoms with Gasteiger partial charge in [-0.2, -0.15) is 0 Å². The molecule has 0 radical (unpaired) electrons. The molecular formula is C29H28ClNO4. The molecule has 1 aromatic heterocycles. The van der Waals surface area contributed by atoms with E-state index in [1.165, 1.54) is 0 Å². The van der Waals surface area contributed by atoms with Crippen molar-refractivity contribution in [2.24, 2.45) is 5.92 Å². The van der Waals surface area contributed by atoms with Crippen molar-refractivity contribution in [3.8, 4) is 0 Å². The summed E-state index contributed by atoms with van der Waals surface area (Å²) in [6, 6.07) is 11.7. The number of allylic oxidation sites excluding steroid dienone is 1. The quantitative estimate of drug-likeness (QED) is 0.309. The monoisotopic (exact) mass is 489 g/mol. The van der Waals surface area contributed by atoms with Crippen LogP contribution in [0.2, 0.25) is 0 Å². The van der Waals surface area contributed by atoms with Crippen molar-refractivity contribution in [3.05, 3.63) is 76.6 Å². The summed E-state index contributed by atoms with van der Waals surface area (Å²) in [5, 5.41) is 0.774. The number of ketones is 1. The van der Waals surface area contributed by atoms with Crippen LogP contribution in [0.5, 0.6) is 0 Å². The number of hydrogen-bond acceptors (Lipinski definition) is 4. The average molecular weight is 490 g/mol. The first kappa shape index (κ1) is 22.6. The number of para-hydroxylation sites is 1. The fraction of sp³-hybridized carbons (Fsp3) is 0.379. The molecular weight excluding hydrogens is 462 g/mol. The number of furan rings is 1. The van der Waals surface area contributed by atoms with Crippen molar-refractivity contribution in [1.29, 1.82) is 0 Å². The molecule has 1 amide bonds. The third-order valence-electron chi connectivity index (χ3n) is 7.95. The van der Waals surface area contributed by atoms with E-state index in [2.05, 4.69) is 12.1 Å². The summed E-state index contributed by atoms with van der Waals surface area (Å²) in [5.41, 5.74) is 4.23. The molecule has 6 rings (SSSR count). The van der Waals surface area contributed by atoms with Gasteiger partial charge in [0, 0.05) is 41.1 Å². The van der Waals surface area contributed by atoms with Crippen LogP contribution in [-0.4, -0.2) is 29.2 Å². The Morgan fingerprint density at radius 3 is 2.74 bits per heavy atom. The molecule has 3 unspecified atom stereocenters. The fourth-order valence-corrected chi connectivity index (χ4v) is 6.14. The molecule has 3 heterocycles. The van der Waals surface area contributed by atoms with Crippen molar-refractivity contribution in [2.75, 3.05) is 11.4 Å². The van der Waals surface area contributed by atoms with Gasteiger partial charge in [0.05, 0.1) is 17.6 Å². The Morgan fingerprint density at radius 2 is 1.94 bits per heavy atom. The number of ether oxygens (including phenoxy) is 1. The van der Waals surface area contributed by atoms with Crippen LogP contribution in [0.1, 0.15) is 63.8 Å². The number of carbonyl (C=O) groups is 2. The van der Waals surface area contributed by atoms with Crippen molar-refractivity contribution in [2.45, 2.75) is 57.1 Å². The number of nitrogens with zero attached hydrogens (tertiary/aromatic N) is 1. The zero-order chi connectivity index (χ0) is 24.3. The molecule has 35 heavy (non-hydrogen) atoms. The predicted octanol–water partition coefficient (Wildman–Crippen LogP) is 6.38. The molecule has 3 aromatic rings. The lowest BCUT2D eigenvalue weighted by atomic mass is 9.78. The van der Waals surface area contributed by atoms with Gasteiger partial charge in [0.2, 0.25) is 0 Å². The number of aryl methyl sites for hydroxylation is 1. The Balaban J connectivity index is 1.38. The lowest BCUT2D eigenvalue weighted by Crippen LogP contribution is -2.39. The highest BCUT2D eigenvalue weighted by Crippen LogP contribution is 2.41. The highest BCUT2D eigenvalue weighted by Gasteiger charge is 2.41. The number of alkyl halides is 1. The summed E-state index contributed by atoms with van der Waals surface area (Å²) in [6.07, 6.45) is 6.98. The number of rotatable bonds is 2. The molecule has 1 aliphatic carbocycles. The summed E-state index contributed by atoms with van der Waals surface area (Å²) < 4.78 is 12.5. The smallest absolute Gasteiger partial charge is 0.294 e. The van der Waals surface area contributed by atoms with E-state index in [0.717, 1.165) is 41.5 Å². The normalized spacial score (nSPS) is 26.0. The Bertz CT molecular complexity index is 1390. The van der Waals surface area contributed by atoms with Crippen LogP contribution in [-0.2, 0) is 17.8 Å². The highest BCUT2D eigenvalue weighted by atomic mass is 35.5. The fourth-order valence-electron chi connectivity index (χ4n) is 5.93. The molecule has 0 saturated heterocycles. The molecule has 2 aromatic carbocycles. The second-order valence-corrected chi connectivity index (χ2v) is 10.7. The van der Waals surface area contributed by atoms with Crippen molar-refractivity contribution >= 4 is 39.9 Å². The van der Waals surface area contributed by atoms with Crippen molar-refractivity contribution in [3.63, 3.8) is 0 Å². The maximum Gasteiger partial charge on any atom is 0.294 e. The summed E-state index contributed by atoms with van der Waals surface area (Å²) in [4.78, 5) is 29.1. The third-order valence-corrected chi connectivity index (χ3v) is 8.31. The Labute approximate surface area is 209 Å². The van der Waals surface area contributed by atoms with Gasteiger partial charge in [0.15, 0.2) is 11.5 Å². The third kappa shape index (κ3) is 3.64. The van der Waals surface area contributed by atoms with Crippen LogP contribution < -0.4 is 4.90 Å². The van der Waals surface area contributed by atoms with E-state index in [0.29, 0.717) is 35.6 Å². The van der Waals surface area contributed by atoms with Gasteiger partial charge in [-0.25, -0.2) is 0 Å². The molecule has 0 bridgehead atoms. The molecule has 0 N–H and O–H groups in total. The van der Waals surface area contributed by atoms with Gasteiger partial charge in [0.25, 0.3) is 5.91 Å². The average Bonchev–Trinajstić information content (AvgIpc) is 3.40. The maximum absolute atomic E-state index is 13.7. The van der Waals surface area contributed by atoms with Crippen molar-refractivity contribution < 1.29 is 18.7 Å². The van der Waals surface area contributed by atoms with Gasteiger partial charge in [-0.3, -0.25) is 9.59 Å². The van der Waals surface area contributed by atoms with E-state index in [-0.39, 0.29) is 29.4 Å². The van der Waals surface area contributed by atoms with Gasteiger partial charge in [0.1, 0.15) is 5.58 Å². The Morgan fingerprint density at radius 1 is 1.11 bits per heavy atom. The predicted molar refractivity (Wildman–Crippen MR) is 136 cm³/mol. The van der Waals surface area contributed by atoms with Crippen molar-refractivity contribution in [1.82, 2.24) is 0 Å². The summed E-state index contributed by atoms with van der Waals surface area (Å²) >= 11 is 6.25. The first-order valence-electron chi connectivity index (χ1n) is 12.3. The zero-order valence-corrected chi connectivity index (χ0v) is 20.7. The first-order chi connectivity index (χ1) is 16.9. The van der Waals surface area contributed by atoms with Crippen LogP contribution in [0.4, 0.5) is 5.69 Å². The second-order valence-electron chi connectivity index (χ2n) is 10.2. The van der Waals surface area contributed by atoms with Gasteiger partial charge in [-0.05, 0) is 56.4 Å². The summed E-state index contributed by atoms with van der Waals surface area (Å²) in [7, 11) is 0. The summed E-state index contributed by atoms with van der Waals surface area (Å²) in [6.45, 7) is 4.87. The minimum atomic E-state index is -0.606. The van der Waals surface area contributed by atoms with E-state index in [1.807, 2.05) is 50.3 Å². The first-order valence-corrected chi connectivity index (χ1v) is 12.7. The standard InChI is InChI=1S/C29H28ClNO4/c1-17-25-24(35-27(17)28(33)31-14-13-18-5-3-4-6-22(18)31)12-7-19-16-34-29(2,15-23(32)26(19)25)20-8-10-21(30)11-9-20/h3-8,10,12,20-21H,9,11,13-16H2,1-2H3. The maximum atomic E-state index is 13.7. The van der Waals surface area contributed by atoms with Gasteiger partial charge in [-0.15, -0.1) is 11.6 Å². The topological polar surface area (TPSA) is 59.8 Å². The number of Topliss-reactive ketones (excluding diaryl/α,β-unsaturated/α-hetero) is 1. The molecule has 0 spiro atoms. The van der Waals surface area contributed by atoms with Crippen LogP contribution in [0.15, 0.2) is 53.0 Å². The highest BCUT2D eigenvalue weighted by molar-refractivity contribution is 6.21. The van der Waals surface area contributed by atoms with E-state index >= 15 is 0 Å². The van der Waals surface area contributed by atoms with Gasteiger partial charge >= 0.3 is 0 Å². The SMILES string of the molecule is Cc1c(C(=O)N2CCc3ccccc32)oc2ccc3c(c12)C(=O)CC(C)(C1C=CC(Cl)CC1)OC3. The molecule has 5 nitrogen and oxygen atoms in total. The molecule has 180 valence electrons. The Hall–Kier alpha value is -2.89. The van der Waals surface area contributed by atoms with Crippen LogP contribution in [0.25, 0.3) is 11.0 Å². The molecule has 0 saturated carbocycles. The van der Waals surface area contributed by atoms with Crippen LogP contribution >= 0.6 is 11.6 Å². The minimum Gasteiger partial charge on any atom is -0.451 e. The number of fused-ring (bicyclic) bond motifs is 4. The van der Waals surface area contributed by atoms with E-state index in [9.17, 15) is 9.59 Å². The van der Waals surface area contributed by atoms with Gasteiger partial charge in [-0.1, -0.05) is 36.4 Å². The zero-order valence-electron chi connectivity index (χ0n) is 20.0. The molecule has 2 aliphatic heterocycles. The number of amides is 1. The molecule has 3 aliphatic rings. The van der Waals surface area contributed by atoms with Gasteiger partial charge < -0.3 is 14.1 Å². The van der Waals surface area contributed by atoms with Crippen LogP contribution in [0.3, 0.4) is 0 Å². The number of carbonyl (C=O) groups excluding carboxylic acids is 2. The van der Waals surface area contributed by atoms with Crippen LogP contribution in [0, 0.1) is 12.8 Å². The minimum absolute atomic E-state index is 0.0291. The number of halogens is 1. The largest absolute Gasteiger partial charge is 0.451 e. The van der Waals surface area contributed by atoms with E-state index < -0.39 is 5.60 Å².